The first-order valence-electron chi connectivity index (χ1n) is 14.0. The van der Waals surface area contributed by atoms with Gasteiger partial charge in [-0.15, -0.1) is 0 Å². The number of nitrogens with zero attached hydrogens (tertiary/aromatic N) is 4. The minimum atomic E-state index is -0.132. The van der Waals surface area contributed by atoms with Gasteiger partial charge in [0.05, 0.1) is 24.4 Å². The molecule has 1 aliphatic heterocycles. The second-order valence-electron chi connectivity index (χ2n) is 10.9. The molecule has 3 heterocycles. The molecule has 40 heavy (non-hydrogen) atoms. The Bertz CT molecular complexity index is 1660. The number of pyridine rings is 1. The lowest BCUT2D eigenvalue weighted by molar-refractivity contribution is 0.122. The Hall–Kier alpha value is -3.71. The molecule has 0 radical (unpaired) electrons. The Balaban J connectivity index is 1.36. The largest absolute Gasteiger partial charge is 0.378 e. The van der Waals surface area contributed by atoms with Crippen LogP contribution in [0.15, 0.2) is 84.9 Å². The lowest BCUT2D eigenvalue weighted by atomic mass is 9.73. The van der Waals surface area contributed by atoms with Crippen molar-refractivity contribution >= 4 is 28.6 Å². The first-order chi connectivity index (χ1) is 19.6. The van der Waals surface area contributed by atoms with E-state index in [1.165, 1.54) is 23.2 Å². The number of nitrogens with one attached hydrogen (secondary N) is 1. The van der Waals surface area contributed by atoms with E-state index in [1.54, 1.807) is 0 Å². The number of benzene rings is 3. The summed E-state index contributed by atoms with van der Waals surface area (Å²) in [5.74, 6) is 0.890. The minimum absolute atomic E-state index is 0.132. The number of morpholine rings is 1. The third-order valence-corrected chi connectivity index (χ3v) is 8.84. The van der Waals surface area contributed by atoms with Crippen LogP contribution in [0.4, 0.5) is 5.69 Å². The molecule has 6 nitrogen and oxygen atoms in total. The van der Waals surface area contributed by atoms with Gasteiger partial charge in [0.2, 0.25) is 0 Å². The quantitative estimate of drug-likeness (QED) is 0.231. The zero-order valence-electron chi connectivity index (χ0n) is 22.6. The van der Waals surface area contributed by atoms with E-state index in [4.69, 9.17) is 26.5 Å². The Labute approximate surface area is 239 Å². The molecule has 7 heteroatoms. The Morgan fingerprint density at radius 2 is 1.65 bits per heavy atom. The normalized spacial score (nSPS) is 16.7. The summed E-state index contributed by atoms with van der Waals surface area (Å²) in [5, 5.41) is 0. The first-order valence-corrected chi connectivity index (χ1v) is 14.4. The van der Waals surface area contributed by atoms with E-state index in [9.17, 15) is 0 Å². The molecule has 1 aliphatic carbocycles. The lowest BCUT2D eigenvalue weighted by Gasteiger charge is -2.41. The molecule has 2 aliphatic rings. The van der Waals surface area contributed by atoms with Crippen molar-refractivity contribution in [1.29, 1.82) is 0 Å². The highest BCUT2D eigenvalue weighted by molar-refractivity contribution is 6.14. The van der Waals surface area contributed by atoms with E-state index in [1.807, 2.05) is 0 Å². The van der Waals surface area contributed by atoms with E-state index >= 15 is 0 Å². The fourth-order valence-corrected chi connectivity index (χ4v) is 6.25. The Morgan fingerprint density at radius 3 is 2.38 bits per heavy atom. The number of fused-ring (bicyclic) bond motifs is 1. The second-order valence-corrected chi connectivity index (χ2v) is 11.0. The average molecular weight is 550 g/mol. The zero-order chi connectivity index (χ0) is 27.1. The van der Waals surface area contributed by atoms with Crippen LogP contribution in [-0.2, 0) is 10.3 Å². The molecule has 0 unspecified atom stereocenters. The van der Waals surface area contributed by atoms with Crippen LogP contribution in [0.25, 0.3) is 39.5 Å². The number of imidazole rings is 1. The van der Waals surface area contributed by atoms with Crippen LogP contribution in [0.3, 0.4) is 0 Å². The number of aromatic nitrogens is 3. The van der Waals surface area contributed by atoms with Crippen LogP contribution in [-0.4, -0.2) is 40.8 Å². The van der Waals surface area contributed by atoms with Gasteiger partial charge < -0.3 is 9.64 Å². The summed E-state index contributed by atoms with van der Waals surface area (Å²) in [6.45, 7) is 5.45. The van der Waals surface area contributed by atoms with Crippen molar-refractivity contribution in [1.82, 2.24) is 19.4 Å². The van der Waals surface area contributed by atoms with Crippen molar-refractivity contribution in [2.45, 2.75) is 31.7 Å². The van der Waals surface area contributed by atoms with Gasteiger partial charge in [0, 0.05) is 35.6 Å². The number of rotatable bonds is 6. The third kappa shape index (κ3) is 4.37. The number of aryl methyl sites for hydroxylation is 1. The van der Waals surface area contributed by atoms with Gasteiger partial charge in [-0.25, -0.2) is 14.8 Å². The zero-order valence-corrected chi connectivity index (χ0v) is 23.4. The van der Waals surface area contributed by atoms with Crippen LogP contribution in [0.5, 0.6) is 0 Å². The molecule has 1 saturated carbocycles. The summed E-state index contributed by atoms with van der Waals surface area (Å²) >= 11 is 6.19. The van der Waals surface area contributed by atoms with E-state index in [0.29, 0.717) is 0 Å². The molecule has 1 N–H and O–H groups in total. The number of halogens is 1. The van der Waals surface area contributed by atoms with Gasteiger partial charge in [0.25, 0.3) is 0 Å². The maximum atomic E-state index is 6.19. The fourth-order valence-electron chi connectivity index (χ4n) is 5.95. The average Bonchev–Trinajstić information content (AvgIpc) is 3.36. The van der Waals surface area contributed by atoms with Crippen molar-refractivity contribution in [3.63, 3.8) is 0 Å². The lowest BCUT2D eigenvalue weighted by Crippen LogP contribution is -2.43. The highest BCUT2D eigenvalue weighted by atomic mass is 35.5. The predicted octanol–water partition coefficient (Wildman–Crippen LogP) is 7.02. The van der Waals surface area contributed by atoms with Crippen LogP contribution in [0.2, 0.25) is 0 Å². The molecule has 3 aromatic carbocycles. The number of hydrogen-bond acceptors (Lipinski definition) is 5. The minimum Gasteiger partial charge on any atom is -0.378 e. The number of anilines is 1. The van der Waals surface area contributed by atoms with E-state index in [0.717, 1.165) is 78.6 Å². The summed E-state index contributed by atoms with van der Waals surface area (Å²) in [4.78, 5) is 15.7. The topological polar surface area (TPSA) is 55.2 Å². The Morgan fingerprint density at radius 1 is 0.850 bits per heavy atom. The molecule has 7 rings (SSSR count). The highest BCUT2D eigenvalue weighted by Crippen LogP contribution is 2.42. The molecule has 2 aromatic heterocycles. The SMILES string of the molecule is Cc1ccccc1-c1nc2ccc(-c3cccc(N4CCOCC4)c3)nc2n1-c1ccc(C2(NCl)CCC2)cc1. The van der Waals surface area contributed by atoms with E-state index < -0.39 is 0 Å². The summed E-state index contributed by atoms with van der Waals surface area (Å²) in [6.07, 6.45) is 3.28. The van der Waals surface area contributed by atoms with E-state index in [-0.39, 0.29) is 5.54 Å². The van der Waals surface area contributed by atoms with E-state index in [2.05, 4.69) is 106 Å². The van der Waals surface area contributed by atoms with Gasteiger partial charge in [-0.2, -0.15) is 0 Å². The number of ether oxygens (including phenoxy) is 1. The number of hydrogen-bond donors (Lipinski definition) is 1. The van der Waals surface area contributed by atoms with Crippen molar-refractivity contribution in [2.24, 2.45) is 0 Å². The third-order valence-electron chi connectivity index (χ3n) is 8.47. The maximum Gasteiger partial charge on any atom is 0.165 e. The molecule has 0 amide bonds. The molecular weight excluding hydrogens is 518 g/mol. The van der Waals surface area contributed by atoms with Crippen molar-refractivity contribution in [3.8, 4) is 28.3 Å². The van der Waals surface area contributed by atoms with Crippen molar-refractivity contribution < 1.29 is 4.74 Å². The summed E-state index contributed by atoms with van der Waals surface area (Å²) in [6, 6.07) is 29.9. The van der Waals surface area contributed by atoms with Gasteiger partial charge in [-0.1, -0.05) is 48.5 Å². The molecule has 0 spiro atoms. The molecule has 0 bridgehead atoms. The fraction of sp³-hybridized carbons (Fsp3) is 0.273. The summed E-state index contributed by atoms with van der Waals surface area (Å²) in [7, 11) is 0. The van der Waals surface area contributed by atoms with Crippen LogP contribution in [0.1, 0.15) is 30.4 Å². The van der Waals surface area contributed by atoms with Crippen molar-refractivity contribution in [2.75, 3.05) is 31.2 Å². The Kier molecular flexibility index (Phi) is 6.54. The predicted molar refractivity (Wildman–Crippen MR) is 162 cm³/mol. The summed E-state index contributed by atoms with van der Waals surface area (Å²) in [5.41, 5.74) is 9.31. The molecule has 1 saturated heterocycles. The molecule has 202 valence electrons. The summed E-state index contributed by atoms with van der Waals surface area (Å²) < 4.78 is 7.75. The van der Waals surface area contributed by atoms with Crippen LogP contribution >= 0.6 is 11.8 Å². The monoisotopic (exact) mass is 549 g/mol. The van der Waals surface area contributed by atoms with Gasteiger partial charge in [0.15, 0.2) is 5.65 Å². The first kappa shape index (κ1) is 25.3. The van der Waals surface area contributed by atoms with Gasteiger partial charge >= 0.3 is 0 Å². The molecular formula is C33H32ClN5O. The van der Waals surface area contributed by atoms with Crippen LogP contribution < -0.4 is 9.74 Å². The van der Waals surface area contributed by atoms with Gasteiger partial charge in [-0.05, 0) is 85.5 Å². The smallest absolute Gasteiger partial charge is 0.165 e. The van der Waals surface area contributed by atoms with Gasteiger partial charge in [0.1, 0.15) is 11.3 Å². The van der Waals surface area contributed by atoms with Crippen molar-refractivity contribution in [3.05, 3.63) is 96.1 Å². The highest BCUT2D eigenvalue weighted by Gasteiger charge is 2.38. The molecule has 2 fully saturated rings. The molecule has 5 aromatic rings. The van der Waals surface area contributed by atoms with Crippen LogP contribution in [0, 0.1) is 6.92 Å². The second kappa shape index (κ2) is 10.4. The van der Waals surface area contributed by atoms with Gasteiger partial charge in [-0.3, -0.25) is 4.57 Å². The maximum absolute atomic E-state index is 6.19. The molecule has 0 atom stereocenters. The standard InChI is InChI=1S/C33H32ClN5O/c1-23-6-2-3-9-28(23)31-36-30-15-14-29(24-7-4-8-27(22-24)38-18-20-40-21-19-38)35-32(30)39(31)26-12-10-25(11-13-26)33(37-34)16-5-17-33/h2-4,6-15,22,37H,5,16-21H2,1H3.